The smallest absolute Gasteiger partial charge is 0.00136 e. The summed E-state index contributed by atoms with van der Waals surface area (Å²) in [7, 11) is 0. The third-order valence-electron chi connectivity index (χ3n) is 3.49. The summed E-state index contributed by atoms with van der Waals surface area (Å²) in [6.45, 7) is 9.05. The maximum absolute atomic E-state index is 2.43. The summed E-state index contributed by atoms with van der Waals surface area (Å²) < 4.78 is 0. The summed E-state index contributed by atoms with van der Waals surface area (Å²) >= 11 is 0. The highest BCUT2D eigenvalue weighted by Gasteiger charge is 2.20. The maximum Gasteiger partial charge on any atom is 0.00136 e. The van der Waals surface area contributed by atoms with Crippen molar-refractivity contribution < 1.29 is 0 Å². The minimum absolute atomic E-state index is 0.207. The van der Waals surface area contributed by atoms with Crippen LogP contribution in [0.15, 0.2) is 46.6 Å². The summed E-state index contributed by atoms with van der Waals surface area (Å²) in [5.41, 5.74) is 6.23. The van der Waals surface area contributed by atoms with Gasteiger partial charge in [0.05, 0.1) is 0 Å². The molecule has 2 rings (SSSR count). The van der Waals surface area contributed by atoms with Gasteiger partial charge in [0.2, 0.25) is 0 Å². The van der Waals surface area contributed by atoms with Gasteiger partial charge in [-0.15, -0.1) is 0 Å². The normalized spacial score (nSPS) is 24.3. The van der Waals surface area contributed by atoms with Gasteiger partial charge in [-0.3, -0.25) is 0 Å². The molecule has 0 aromatic heterocycles. The van der Waals surface area contributed by atoms with Gasteiger partial charge in [-0.1, -0.05) is 43.7 Å². The first kappa shape index (κ1) is 10.5. The van der Waals surface area contributed by atoms with Gasteiger partial charge in [0.15, 0.2) is 0 Å². The number of fused-ring (bicyclic) bond motifs is 1. The van der Waals surface area contributed by atoms with Crippen LogP contribution in [-0.4, -0.2) is 0 Å². The summed E-state index contributed by atoms with van der Waals surface area (Å²) in [6.07, 6.45) is 11.6. The van der Waals surface area contributed by atoms with Crippen molar-refractivity contribution in [3.8, 4) is 0 Å². The van der Waals surface area contributed by atoms with Gasteiger partial charge >= 0.3 is 0 Å². The Kier molecular flexibility index (Phi) is 2.46. The largest absolute Gasteiger partial charge is 0.0751 e. The van der Waals surface area contributed by atoms with E-state index in [4.69, 9.17) is 0 Å². The van der Waals surface area contributed by atoms with Gasteiger partial charge in [-0.25, -0.2) is 0 Å². The van der Waals surface area contributed by atoms with Crippen LogP contribution in [0.1, 0.15) is 40.5 Å². The van der Waals surface area contributed by atoms with E-state index in [-0.39, 0.29) is 5.41 Å². The molecule has 0 radical (unpaired) electrons. The average molecular weight is 200 g/mol. The van der Waals surface area contributed by atoms with E-state index >= 15 is 0 Å². The van der Waals surface area contributed by atoms with Crippen molar-refractivity contribution in [3.63, 3.8) is 0 Å². The molecule has 0 N–H and O–H groups in total. The fourth-order valence-corrected chi connectivity index (χ4v) is 2.39. The molecule has 80 valence electrons. The molecule has 0 fully saturated rings. The molecule has 2 aliphatic rings. The van der Waals surface area contributed by atoms with E-state index < -0.39 is 0 Å². The molecule has 15 heavy (non-hydrogen) atoms. The zero-order valence-electron chi connectivity index (χ0n) is 10.2. The fraction of sp³-hybridized carbons (Fsp3) is 0.467. The van der Waals surface area contributed by atoms with E-state index in [1.807, 2.05) is 0 Å². The predicted molar refractivity (Wildman–Crippen MR) is 66.7 cm³/mol. The Balaban J connectivity index is 2.50. The van der Waals surface area contributed by atoms with E-state index in [0.717, 1.165) is 0 Å². The molecule has 0 saturated carbocycles. The van der Waals surface area contributed by atoms with Crippen LogP contribution in [0.2, 0.25) is 0 Å². The maximum atomic E-state index is 2.43. The lowest BCUT2D eigenvalue weighted by Crippen LogP contribution is -2.07. The Labute approximate surface area is 93.1 Å². The van der Waals surface area contributed by atoms with Crippen LogP contribution in [-0.2, 0) is 0 Å². The lowest BCUT2D eigenvalue weighted by atomic mass is 9.82. The molecule has 0 saturated heterocycles. The van der Waals surface area contributed by atoms with Crippen molar-refractivity contribution in [2.24, 2.45) is 5.41 Å². The van der Waals surface area contributed by atoms with E-state index in [0.29, 0.717) is 0 Å². The van der Waals surface area contributed by atoms with Crippen molar-refractivity contribution in [3.05, 3.63) is 46.6 Å². The highest BCUT2D eigenvalue weighted by molar-refractivity contribution is 5.54. The van der Waals surface area contributed by atoms with Crippen molar-refractivity contribution in [1.29, 1.82) is 0 Å². The average Bonchev–Trinajstić information content (AvgIpc) is 2.30. The van der Waals surface area contributed by atoms with Crippen molar-refractivity contribution in [2.75, 3.05) is 0 Å². The van der Waals surface area contributed by atoms with Crippen LogP contribution in [0.4, 0.5) is 0 Å². The number of allylic oxidation sites excluding steroid dienone is 8. The summed E-state index contributed by atoms with van der Waals surface area (Å²) in [5, 5.41) is 0. The molecule has 0 aromatic rings. The van der Waals surface area contributed by atoms with Crippen LogP contribution in [0, 0.1) is 5.41 Å². The van der Waals surface area contributed by atoms with Crippen molar-refractivity contribution >= 4 is 0 Å². The minimum Gasteiger partial charge on any atom is -0.0751 e. The first-order valence-corrected chi connectivity index (χ1v) is 5.78. The Morgan fingerprint density at radius 2 is 1.87 bits per heavy atom. The van der Waals surface area contributed by atoms with E-state index in [1.165, 1.54) is 29.6 Å². The lowest BCUT2D eigenvalue weighted by Gasteiger charge is -2.23. The molecule has 0 bridgehead atoms. The van der Waals surface area contributed by atoms with E-state index in [1.54, 1.807) is 5.57 Å². The topological polar surface area (TPSA) is 0 Å². The van der Waals surface area contributed by atoms with Gasteiger partial charge in [0, 0.05) is 5.41 Å². The highest BCUT2D eigenvalue weighted by atomic mass is 14.3. The lowest BCUT2D eigenvalue weighted by molar-refractivity contribution is 0.618. The van der Waals surface area contributed by atoms with E-state index in [9.17, 15) is 0 Å². The van der Waals surface area contributed by atoms with Gasteiger partial charge in [-0.05, 0) is 43.4 Å². The quantitative estimate of drug-likeness (QED) is 0.537. The number of rotatable bonds is 0. The van der Waals surface area contributed by atoms with Crippen molar-refractivity contribution in [2.45, 2.75) is 40.5 Å². The summed E-state index contributed by atoms with van der Waals surface area (Å²) in [5.74, 6) is 0. The summed E-state index contributed by atoms with van der Waals surface area (Å²) in [4.78, 5) is 0. The molecule has 0 aromatic carbocycles. The standard InChI is InChI=1S/C15H20/c1-11-7-8-13-10-15(3,4)9-5-6-14(13)12(11)2/h5-6,9-10H,7-8H2,1-4H3. The Hall–Kier alpha value is -1.04. The second-order valence-corrected chi connectivity index (χ2v) is 5.34. The highest BCUT2D eigenvalue weighted by Crippen LogP contribution is 2.38. The Bertz CT molecular complexity index is 398. The Morgan fingerprint density at radius 1 is 1.13 bits per heavy atom. The molecule has 0 heteroatoms. The van der Waals surface area contributed by atoms with Crippen LogP contribution in [0.3, 0.4) is 0 Å². The number of hydrogen-bond acceptors (Lipinski definition) is 0. The summed E-state index contributed by atoms with van der Waals surface area (Å²) in [6, 6.07) is 0. The molecule has 0 heterocycles. The fourth-order valence-electron chi connectivity index (χ4n) is 2.39. The first-order chi connectivity index (χ1) is 6.99. The zero-order valence-corrected chi connectivity index (χ0v) is 10.2. The molecule has 0 amide bonds. The zero-order chi connectivity index (χ0) is 11.1. The van der Waals surface area contributed by atoms with Crippen LogP contribution < -0.4 is 0 Å². The molecule has 0 atom stereocenters. The Morgan fingerprint density at radius 3 is 2.60 bits per heavy atom. The minimum atomic E-state index is 0.207. The van der Waals surface area contributed by atoms with E-state index in [2.05, 4.69) is 52.0 Å². The monoisotopic (exact) mass is 200 g/mol. The first-order valence-electron chi connectivity index (χ1n) is 5.78. The van der Waals surface area contributed by atoms with Crippen LogP contribution in [0.25, 0.3) is 0 Å². The van der Waals surface area contributed by atoms with Gasteiger partial charge < -0.3 is 0 Å². The molecule has 0 aliphatic heterocycles. The van der Waals surface area contributed by atoms with Gasteiger partial charge in [-0.2, -0.15) is 0 Å². The molecule has 2 aliphatic carbocycles. The molecule has 0 spiro atoms. The van der Waals surface area contributed by atoms with Gasteiger partial charge in [0.1, 0.15) is 0 Å². The third kappa shape index (κ3) is 1.99. The van der Waals surface area contributed by atoms with Crippen LogP contribution >= 0.6 is 0 Å². The molecule has 0 unspecified atom stereocenters. The second kappa shape index (κ2) is 3.52. The molecular formula is C15H20. The number of hydrogen-bond donors (Lipinski definition) is 0. The predicted octanol–water partition coefficient (Wildman–Crippen LogP) is 4.57. The van der Waals surface area contributed by atoms with Crippen molar-refractivity contribution in [1.82, 2.24) is 0 Å². The second-order valence-electron chi connectivity index (χ2n) is 5.34. The third-order valence-corrected chi connectivity index (χ3v) is 3.49. The van der Waals surface area contributed by atoms with Crippen LogP contribution in [0.5, 0.6) is 0 Å². The van der Waals surface area contributed by atoms with Gasteiger partial charge in [0.25, 0.3) is 0 Å². The SMILES string of the molecule is CC1=C(C)C2=CC=CC(C)(C)C=C2CC1. The molecular weight excluding hydrogens is 180 g/mol. The molecule has 0 nitrogen and oxygen atoms in total.